The summed E-state index contributed by atoms with van der Waals surface area (Å²) >= 11 is 12.6. The van der Waals surface area contributed by atoms with Crippen LogP contribution in [0.2, 0.25) is 10.0 Å². The van der Waals surface area contributed by atoms with E-state index in [9.17, 15) is 0 Å². The molecular formula is C19H15Cl2N7O. The van der Waals surface area contributed by atoms with E-state index in [4.69, 9.17) is 27.9 Å². The molecule has 0 bridgehead atoms. The van der Waals surface area contributed by atoms with E-state index in [1.807, 2.05) is 27.3 Å². The molecular weight excluding hydrogens is 413 g/mol. The van der Waals surface area contributed by atoms with Gasteiger partial charge in [0.2, 0.25) is 11.6 Å². The lowest BCUT2D eigenvalue weighted by Crippen LogP contribution is -2.22. The molecule has 0 radical (unpaired) electrons. The van der Waals surface area contributed by atoms with Crippen LogP contribution in [0.4, 0.5) is 0 Å². The van der Waals surface area contributed by atoms with Crippen molar-refractivity contribution in [3.8, 4) is 40.3 Å². The number of methoxy groups -OCH3 is 1. The predicted molar refractivity (Wildman–Crippen MR) is 109 cm³/mol. The highest BCUT2D eigenvalue weighted by Gasteiger charge is 2.31. The predicted octanol–water partition coefficient (Wildman–Crippen LogP) is 4.16. The summed E-state index contributed by atoms with van der Waals surface area (Å²) in [5.74, 6) is 3.26. The quantitative estimate of drug-likeness (QED) is 0.488. The van der Waals surface area contributed by atoms with E-state index in [2.05, 4.69) is 32.3 Å². The van der Waals surface area contributed by atoms with Crippen LogP contribution in [0.5, 0.6) is 5.75 Å². The Kier molecular flexibility index (Phi) is 4.25. The van der Waals surface area contributed by atoms with Gasteiger partial charge in [0.25, 0.3) is 0 Å². The van der Waals surface area contributed by atoms with Gasteiger partial charge < -0.3 is 9.30 Å². The normalized spacial score (nSPS) is 15.1. The molecule has 1 aliphatic rings. The summed E-state index contributed by atoms with van der Waals surface area (Å²) in [6.07, 6.45) is 1.68. The molecule has 1 unspecified atom stereocenters. The molecule has 4 aromatic rings. The highest BCUT2D eigenvalue weighted by atomic mass is 35.5. The van der Waals surface area contributed by atoms with Crippen LogP contribution >= 0.6 is 23.2 Å². The number of rotatable bonds is 3. The maximum atomic E-state index is 6.42. The lowest BCUT2D eigenvalue weighted by atomic mass is 10.1. The topological polar surface area (TPSA) is 83.5 Å². The molecule has 0 N–H and O–H groups in total. The van der Waals surface area contributed by atoms with Crippen molar-refractivity contribution in [2.45, 2.75) is 19.5 Å². The Morgan fingerprint density at radius 3 is 2.59 bits per heavy atom. The zero-order valence-corrected chi connectivity index (χ0v) is 17.1. The smallest absolute Gasteiger partial charge is 0.202 e. The molecule has 0 aliphatic carbocycles. The van der Waals surface area contributed by atoms with Gasteiger partial charge in [0, 0.05) is 24.4 Å². The Labute approximate surface area is 176 Å². The van der Waals surface area contributed by atoms with Crippen molar-refractivity contribution in [1.82, 2.24) is 34.5 Å². The summed E-state index contributed by atoms with van der Waals surface area (Å²) in [6, 6.07) is 9.12. The molecule has 0 amide bonds. The molecule has 10 heteroatoms. The summed E-state index contributed by atoms with van der Waals surface area (Å²) in [5, 5.41) is 18.4. The molecule has 8 nitrogen and oxygen atoms in total. The van der Waals surface area contributed by atoms with Gasteiger partial charge in [-0.05, 0) is 25.1 Å². The largest absolute Gasteiger partial charge is 0.497 e. The zero-order chi connectivity index (χ0) is 20.1. The summed E-state index contributed by atoms with van der Waals surface area (Å²) in [7, 11) is 1.62. The zero-order valence-electron chi connectivity index (χ0n) is 15.5. The Bertz CT molecular complexity index is 1230. The Morgan fingerprint density at radius 1 is 1.00 bits per heavy atom. The lowest BCUT2D eigenvalue weighted by molar-refractivity contribution is 0.414. The first kappa shape index (κ1) is 18.1. The van der Waals surface area contributed by atoms with Gasteiger partial charge in [-0.15, -0.1) is 20.4 Å². The number of nitrogens with zero attached hydrogens (tertiary/aromatic N) is 7. The molecule has 3 aromatic heterocycles. The molecule has 5 rings (SSSR count). The third kappa shape index (κ3) is 2.79. The highest BCUT2D eigenvalue weighted by Crippen LogP contribution is 2.38. The first-order valence-corrected chi connectivity index (χ1v) is 9.67. The van der Waals surface area contributed by atoms with Crippen molar-refractivity contribution in [2.24, 2.45) is 0 Å². The van der Waals surface area contributed by atoms with Crippen LogP contribution in [-0.2, 0) is 6.54 Å². The van der Waals surface area contributed by atoms with Crippen molar-refractivity contribution in [3.63, 3.8) is 0 Å². The number of benzene rings is 1. The van der Waals surface area contributed by atoms with Gasteiger partial charge >= 0.3 is 0 Å². The summed E-state index contributed by atoms with van der Waals surface area (Å²) in [5.41, 5.74) is 1.41. The van der Waals surface area contributed by atoms with E-state index < -0.39 is 0 Å². The Balaban J connectivity index is 1.65. The van der Waals surface area contributed by atoms with Crippen LogP contribution in [0.1, 0.15) is 13.0 Å². The van der Waals surface area contributed by atoms with Crippen molar-refractivity contribution < 1.29 is 4.74 Å². The SMILES string of the molecule is COc1ccnc(-c2nnc3n2CC(C)n2c(-c4cccc(Cl)c4Cl)nnc2-3)c1. The van der Waals surface area contributed by atoms with Gasteiger partial charge in [-0.2, -0.15) is 0 Å². The minimum Gasteiger partial charge on any atom is -0.497 e. The van der Waals surface area contributed by atoms with Crippen molar-refractivity contribution in [2.75, 3.05) is 7.11 Å². The average Bonchev–Trinajstić information content (AvgIpc) is 3.35. The molecule has 146 valence electrons. The van der Waals surface area contributed by atoms with Gasteiger partial charge in [0.1, 0.15) is 11.4 Å². The average molecular weight is 428 g/mol. The molecule has 1 aliphatic heterocycles. The van der Waals surface area contributed by atoms with Crippen LogP contribution in [0.3, 0.4) is 0 Å². The van der Waals surface area contributed by atoms with Crippen LogP contribution in [0.25, 0.3) is 34.6 Å². The number of aromatic nitrogens is 7. The number of fused-ring (bicyclic) bond motifs is 3. The monoisotopic (exact) mass is 427 g/mol. The first-order valence-electron chi connectivity index (χ1n) is 8.91. The van der Waals surface area contributed by atoms with Crippen molar-refractivity contribution >= 4 is 23.2 Å². The minimum absolute atomic E-state index is 0.0397. The third-order valence-electron chi connectivity index (χ3n) is 4.92. The van der Waals surface area contributed by atoms with Crippen molar-refractivity contribution in [1.29, 1.82) is 0 Å². The van der Waals surface area contributed by atoms with Crippen LogP contribution in [0, 0.1) is 0 Å². The molecule has 0 saturated carbocycles. The number of hydrogen-bond acceptors (Lipinski definition) is 6. The van der Waals surface area contributed by atoms with Crippen LogP contribution in [0.15, 0.2) is 36.5 Å². The second kappa shape index (κ2) is 6.82. The molecule has 4 heterocycles. The third-order valence-corrected chi connectivity index (χ3v) is 5.74. The van der Waals surface area contributed by atoms with Gasteiger partial charge in [-0.3, -0.25) is 9.55 Å². The number of halogens is 2. The Morgan fingerprint density at radius 2 is 1.76 bits per heavy atom. The molecule has 0 fully saturated rings. The lowest BCUT2D eigenvalue weighted by Gasteiger charge is -2.25. The standard InChI is InChI=1S/C19H15Cl2N7O/c1-10-9-27-17(14-8-11(29-2)6-7-22-14)24-25-18(27)19-26-23-16(28(10)19)12-4-3-5-13(20)15(12)21/h3-8,10H,9H2,1-2H3. The number of ether oxygens (including phenoxy) is 1. The van der Waals surface area contributed by atoms with Crippen LogP contribution in [-0.4, -0.2) is 41.6 Å². The molecule has 0 saturated heterocycles. The van der Waals surface area contributed by atoms with E-state index in [1.165, 1.54) is 0 Å². The fraction of sp³-hybridized carbons (Fsp3) is 0.211. The molecule has 0 spiro atoms. The molecule has 1 atom stereocenters. The fourth-order valence-electron chi connectivity index (χ4n) is 3.56. The minimum atomic E-state index is 0.0397. The van der Waals surface area contributed by atoms with E-state index >= 15 is 0 Å². The first-order chi connectivity index (χ1) is 14.1. The van der Waals surface area contributed by atoms with Gasteiger partial charge in [-0.1, -0.05) is 29.3 Å². The van der Waals surface area contributed by atoms with E-state index in [-0.39, 0.29) is 6.04 Å². The summed E-state index contributed by atoms with van der Waals surface area (Å²) < 4.78 is 9.32. The van der Waals surface area contributed by atoms with E-state index in [1.54, 1.807) is 25.4 Å². The maximum Gasteiger partial charge on any atom is 0.202 e. The molecule has 1 aromatic carbocycles. The van der Waals surface area contributed by atoms with Gasteiger partial charge in [0.05, 0.1) is 23.2 Å². The summed E-state index contributed by atoms with van der Waals surface area (Å²) in [4.78, 5) is 4.41. The summed E-state index contributed by atoms with van der Waals surface area (Å²) in [6.45, 7) is 2.72. The van der Waals surface area contributed by atoms with Crippen molar-refractivity contribution in [3.05, 3.63) is 46.6 Å². The van der Waals surface area contributed by atoms with E-state index in [0.717, 1.165) is 5.56 Å². The molecule has 29 heavy (non-hydrogen) atoms. The fourth-order valence-corrected chi connectivity index (χ4v) is 3.94. The maximum absolute atomic E-state index is 6.42. The highest BCUT2D eigenvalue weighted by molar-refractivity contribution is 6.43. The van der Waals surface area contributed by atoms with E-state index in [0.29, 0.717) is 51.3 Å². The second-order valence-electron chi connectivity index (χ2n) is 6.71. The number of pyridine rings is 1. The van der Waals surface area contributed by atoms with Gasteiger partial charge in [-0.25, -0.2) is 0 Å². The second-order valence-corrected chi connectivity index (χ2v) is 7.49. The van der Waals surface area contributed by atoms with Crippen LogP contribution < -0.4 is 4.74 Å². The number of hydrogen-bond donors (Lipinski definition) is 0. The Hall–Kier alpha value is -2.97. The van der Waals surface area contributed by atoms with Gasteiger partial charge in [0.15, 0.2) is 11.6 Å².